The summed E-state index contributed by atoms with van der Waals surface area (Å²) in [7, 11) is 1.51. The van der Waals surface area contributed by atoms with Crippen LogP contribution in [0.3, 0.4) is 0 Å². The number of nitrogen functional groups attached to an aromatic ring is 1. The van der Waals surface area contributed by atoms with Gasteiger partial charge in [0.15, 0.2) is 11.4 Å². The molecule has 1 atom stereocenters. The topological polar surface area (TPSA) is 167 Å². The molecule has 3 heterocycles. The van der Waals surface area contributed by atoms with E-state index in [4.69, 9.17) is 25.1 Å². The number of carbonyl (C=O) groups excluding carboxylic acids is 3. The van der Waals surface area contributed by atoms with E-state index >= 15 is 0 Å². The molecule has 0 aliphatic carbocycles. The van der Waals surface area contributed by atoms with Crippen molar-refractivity contribution in [3.05, 3.63) is 65.1 Å². The van der Waals surface area contributed by atoms with Gasteiger partial charge in [0.2, 0.25) is 6.41 Å². The Balaban J connectivity index is 1.52. The quantitative estimate of drug-likeness (QED) is 0.329. The number of carbonyl (C=O) groups is 3. The van der Waals surface area contributed by atoms with Gasteiger partial charge in [-0.25, -0.2) is 0 Å². The minimum absolute atomic E-state index is 0.0883. The molecule has 36 heavy (non-hydrogen) atoms. The first-order valence-electron chi connectivity index (χ1n) is 11.0. The highest BCUT2D eigenvalue weighted by atomic mass is 16.5. The molecule has 2 aromatic heterocycles. The second-order valence-corrected chi connectivity index (χ2v) is 8.61. The second-order valence-electron chi connectivity index (χ2n) is 8.61. The number of amides is 3. The lowest BCUT2D eigenvalue weighted by Gasteiger charge is -2.29. The van der Waals surface area contributed by atoms with Crippen molar-refractivity contribution in [1.82, 2.24) is 15.4 Å². The molecule has 0 radical (unpaired) electrons. The van der Waals surface area contributed by atoms with E-state index in [0.29, 0.717) is 33.6 Å². The summed E-state index contributed by atoms with van der Waals surface area (Å²) in [6, 6.07) is 12.1. The number of hydrogen-bond acceptors (Lipinski definition) is 9. The fraction of sp³-hybridized carbons (Fsp3) is 0.200. The number of aryl methyl sites for hydroxylation is 1. The number of anilines is 1. The highest BCUT2D eigenvalue weighted by Crippen LogP contribution is 2.35. The van der Waals surface area contributed by atoms with Crippen molar-refractivity contribution < 1.29 is 28.1 Å². The van der Waals surface area contributed by atoms with Crippen LogP contribution in [0.4, 0.5) is 5.82 Å². The van der Waals surface area contributed by atoms with E-state index < -0.39 is 11.4 Å². The normalized spacial score (nSPS) is 14.5. The Morgan fingerprint density at radius 1 is 1.28 bits per heavy atom. The lowest BCUT2D eigenvalue weighted by Crippen LogP contribution is -2.57. The molecule has 0 saturated heterocycles. The molecule has 0 unspecified atom stereocenters. The van der Waals surface area contributed by atoms with Gasteiger partial charge < -0.3 is 30.0 Å². The molecule has 5 rings (SSSR count). The second kappa shape index (κ2) is 8.54. The van der Waals surface area contributed by atoms with Gasteiger partial charge in [0.1, 0.15) is 22.9 Å². The molecule has 0 fully saturated rings. The first-order valence-corrected chi connectivity index (χ1v) is 11.0. The number of nitrogens with zero attached hydrogens (tertiary/aromatic N) is 2. The van der Waals surface area contributed by atoms with Gasteiger partial charge >= 0.3 is 0 Å². The van der Waals surface area contributed by atoms with Crippen molar-refractivity contribution in [1.29, 1.82) is 0 Å². The molecule has 4 aromatic rings. The van der Waals surface area contributed by atoms with Gasteiger partial charge in [0.05, 0.1) is 19.2 Å². The van der Waals surface area contributed by atoms with Crippen LogP contribution < -0.4 is 21.5 Å². The standard InChI is InChI=1S/C25H23N5O6/c1-13-21(22(26)29-36-13)14-4-6-19-16(7-14)8-20(35-19)25(27,24(33)28-12-31)11-30-10-15-3-5-17(34-2)9-18(15)23(30)32/h3-9,12H,10-11,27H2,1-2H3,(H2,26,29)(H,28,31,33)/t25-/m0/s1. The molecule has 11 nitrogen and oxygen atoms in total. The van der Waals surface area contributed by atoms with Crippen molar-refractivity contribution >= 4 is 35.0 Å². The minimum atomic E-state index is -1.85. The first kappa shape index (κ1) is 23.1. The fourth-order valence-corrected chi connectivity index (χ4v) is 4.50. The number of imide groups is 1. The van der Waals surface area contributed by atoms with Crippen LogP contribution >= 0.6 is 0 Å². The van der Waals surface area contributed by atoms with Crippen LogP contribution in [0.15, 0.2) is 51.4 Å². The fourth-order valence-electron chi connectivity index (χ4n) is 4.50. The van der Waals surface area contributed by atoms with Crippen LogP contribution in [0.25, 0.3) is 22.1 Å². The third kappa shape index (κ3) is 3.66. The van der Waals surface area contributed by atoms with Crippen molar-refractivity contribution in [3.8, 4) is 16.9 Å². The third-order valence-corrected chi connectivity index (χ3v) is 6.37. The van der Waals surface area contributed by atoms with Crippen molar-refractivity contribution in [2.24, 2.45) is 5.73 Å². The molecule has 11 heteroatoms. The van der Waals surface area contributed by atoms with E-state index in [0.717, 1.165) is 11.1 Å². The maximum absolute atomic E-state index is 13.1. The van der Waals surface area contributed by atoms with Crippen molar-refractivity contribution in [2.75, 3.05) is 19.4 Å². The number of rotatable bonds is 7. The van der Waals surface area contributed by atoms with Gasteiger partial charge in [-0.3, -0.25) is 19.7 Å². The molecule has 0 bridgehead atoms. The molecule has 3 amide bonds. The number of hydrogen-bond donors (Lipinski definition) is 3. The van der Waals surface area contributed by atoms with Crippen LogP contribution in [-0.2, 0) is 21.7 Å². The summed E-state index contributed by atoms with van der Waals surface area (Å²) in [4.78, 5) is 38.7. The Morgan fingerprint density at radius 3 is 2.78 bits per heavy atom. The summed E-state index contributed by atoms with van der Waals surface area (Å²) >= 11 is 0. The number of furan rings is 1. The summed E-state index contributed by atoms with van der Waals surface area (Å²) < 4.78 is 16.3. The number of nitrogens with one attached hydrogen (secondary N) is 1. The maximum Gasteiger partial charge on any atom is 0.256 e. The van der Waals surface area contributed by atoms with E-state index in [1.54, 1.807) is 49.4 Å². The molecule has 2 aromatic carbocycles. The molecule has 0 spiro atoms. The van der Waals surface area contributed by atoms with Crippen molar-refractivity contribution in [3.63, 3.8) is 0 Å². The molecule has 0 saturated carbocycles. The van der Waals surface area contributed by atoms with E-state index in [1.807, 2.05) is 0 Å². The maximum atomic E-state index is 13.1. The van der Waals surface area contributed by atoms with Gasteiger partial charge in [-0.2, -0.15) is 0 Å². The SMILES string of the molecule is COc1ccc2c(c1)C(=O)N(C[C@@](N)(C(=O)NC=O)c1cc3cc(-c4c(N)noc4C)ccc3o1)C2. The zero-order valence-corrected chi connectivity index (χ0v) is 19.5. The van der Waals surface area contributed by atoms with E-state index in [2.05, 4.69) is 10.5 Å². The number of fused-ring (bicyclic) bond motifs is 2. The molecule has 1 aliphatic heterocycles. The predicted octanol–water partition coefficient (Wildman–Crippen LogP) is 2.07. The largest absolute Gasteiger partial charge is 0.497 e. The van der Waals surface area contributed by atoms with Crippen LogP contribution in [-0.4, -0.2) is 41.9 Å². The highest BCUT2D eigenvalue weighted by molar-refractivity contribution is 6.00. The van der Waals surface area contributed by atoms with Gasteiger partial charge in [0.25, 0.3) is 11.8 Å². The number of methoxy groups -OCH3 is 1. The first-order chi connectivity index (χ1) is 17.2. The predicted molar refractivity (Wildman–Crippen MR) is 129 cm³/mol. The Hall–Kier alpha value is -4.64. The van der Waals surface area contributed by atoms with Gasteiger partial charge in [-0.1, -0.05) is 17.3 Å². The Bertz CT molecular complexity index is 1500. The zero-order valence-electron chi connectivity index (χ0n) is 19.5. The third-order valence-electron chi connectivity index (χ3n) is 6.37. The van der Waals surface area contributed by atoms with Crippen LogP contribution in [0.1, 0.15) is 27.4 Å². The zero-order chi connectivity index (χ0) is 25.6. The lowest BCUT2D eigenvalue weighted by atomic mass is 9.94. The summed E-state index contributed by atoms with van der Waals surface area (Å²) in [5, 5.41) is 6.52. The van der Waals surface area contributed by atoms with Gasteiger partial charge in [-0.05, 0) is 48.4 Å². The lowest BCUT2D eigenvalue weighted by molar-refractivity contribution is -0.130. The molecule has 1 aliphatic rings. The summed E-state index contributed by atoms with van der Waals surface area (Å²) in [5.41, 5.74) is 13.8. The molecule has 5 N–H and O–H groups in total. The minimum Gasteiger partial charge on any atom is -0.497 e. The Morgan fingerprint density at radius 2 is 2.08 bits per heavy atom. The summed E-state index contributed by atoms with van der Waals surface area (Å²) in [6.45, 7) is 1.76. The van der Waals surface area contributed by atoms with Crippen molar-refractivity contribution in [2.45, 2.75) is 19.0 Å². The van der Waals surface area contributed by atoms with Gasteiger partial charge in [-0.15, -0.1) is 0 Å². The van der Waals surface area contributed by atoms with Crippen LogP contribution in [0.5, 0.6) is 5.75 Å². The summed E-state index contributed by atoms with van der Waals surface area (Å²) in [5.74, 6) is 0.311. The van der Waals surface area contributed by atoms with E-state index in [1.165, 1.54) is 12.0 Å². The van der Waals surface area contributed by atoms with Gasteiger partial charge in [0, 0.05) is 17.5 Å². The average Bonchev–Trinajstić information content (AvgIpc) is 3.54. The molecular weight excluding hydrogens is 466 g/mol. The molecular formula is C25H23N5O6. The van der Waals surface area contributed by atoms with Crippen LogP contribution in [0.2, 0.25) is 0 Å². The number of aromatic nitrogens is 1. The number of ether oxygens (including phenoxy) is 1. The Labute approximate surface area is 204 Å². The van der Waals surface area contributed by atoms with E-state index in [-0.39, 0.29) is 37.0 Å². The average molecular weight is 489 g/mol. The molecule has 184 valence electrons. The van der Waals surface area contributed by atoms with E-state index in [9.17, 15) is 14.4 Å². The Kier molecular flexibility index (Phi) is 5.48. The number of benzene rings is 2. The smallest absolute Gasteiger partial charge is 0.256 e. The number of nitrogens with two attached hydrogens (primary N) is 2. The highest BCUT2D eigenvalue weighted by Gasteiger charge is 2.44. The van der Waals surface area contributed by atoms with Crippen LogP contribution in [0, 0.1) is 6.92 Å². The summed E-state index contributed by atoms with van der Waals surface area (Å²) in [6.07, 6.45) is 0.244. The monoisotopic (exact) mass is 489 g/mol.